The van der Waals surface area contributed by atoms with Crippen LogP contribution in [0.15, 0.2) is 18.2 Å². The molecule has 2 aliphatic rings. The first kappa shape index (κ1) is 20.0. The second kappa shape index (κ2) is 7.69. The second-order valence-electron chi connectivity index (χ2n) is 7.95. The summed E-state index contributed by atoms with van der Waals surface area (Å²) in [5, 5.41) is 5.62. The maximum Gasteiger partial charge on any atom is 0.325 e. The summed E-state index contributed by atoms with van der Waals surface area (Å²) in [6.45, 7) is 8.39. The number of imide groups is 1. The molecule has 8 heteroatoms. The summed E-state index contributed by atoms with van der Waals surface area (Å²) in [6.07, 6.45) is 0.0447. The van der Waals surface area contributed by atoms with Crippen molar-refractivity contribution in [2.24, 2.45) is 5.92 Å². The Morgan fingerprint density at radius 2 is 1.89 bits per heavy atom. The summed E-state index contributed by atoms with van der Waals surface area (Å²) in [4.78, 5) is 37.8. The number of ether oxygens (including phenoxy) is 2. The highest BCUT2D eigenvalue weighted by Gasteiger charge is 2.44. The van der Waals surface area contributed by atoms with E-state index in [0.29, 0.717) is 24.7 Å². The summed E-state index contributed by atoms with van der Waals surface area (Å²) in [7, 11) is 0. The van der Waals surface area contributed by atoms with Crippen LogP contribution in [0.3, 0.4) is 0 Å². The fraction of sp³-hybridized carbons (Fsp3) is 0.550. The van der Waals surface area contributed by atoms with E-state index < -0.39 is 11.6 Å². The van der Waals surface area contributed by atoms with Gasteiger partial charge in [-0.1, -0.05) is 19.9 Å². The van der Waals surface area contributed by atoms with Crippen LogP contribution in [0.5, 0.6) is 11.5 Å². The molecule has 2 heterocycles. The minimum Gasteiger partial charge on any atom is -0.486 e. The average molecular weight is 389 g/mol. The molecule has 2 aliphatic heterocycles. The molecule has 4 amide bonds. The van der Waals surface area contributed by atoms with Gasteiger partial charge in [0.15, 0.2) is 11.5 Å². The SMILES string of the molecule is CC(C)[C@H](NC(=O)CCN1C(=O)NC(C)(C)C1=O)c1ccc2c(c1)OCCO2. The number of nitrogens with one attached hydrogen (secondary N) is 2. The summed E-state index contributed by atoms with van der Waals surface area (Å²) < 4.78 is 11.2. The smallest absolute Gasteiger partial charge is 0.325 e. The third kappa shape index (κ3) is 4.05. The van der Waals surface area contributed by atoms with E-state index in [9.17, 15) is 14.4 Å². The molecule has 1 aromatic carbocycles. The first-order valence-corrected chi connectivity index (χ1v) is 9.52. The molecule has 152 valence electrons. The fourth-order valence-electron chi connectivity index (χ4n) is 3.37. The molecule has 0 saturated carbocycles. The Labute approximate surface area is 164 Å². The Balaban J connectivity index is 1.64. The van der Waals surface area contributed by atoms with Gasteiger partial charge in [0.2, 0.25) is 5.91 Å². The lowest BCUT2D eigenvalue weighted by atomic mass is 9.95. The standard InChI is InChI=1S/C20H27N3O5/c1-12(2)17(13-5-6-14-15(11-13)28-10-9-27-14)21-16(24)7-8-23-18(25)20(3,4)22-19(23)26/h5-6,11-12,17H,7-10H2,1-4H3,(H,21,24)(H,22,26)/t17-/m0/s1. The highest BCUT2D eigenvalue weighted by molar-refractivity contribution is 6.06. The van der Waals surface area contributed by atoms with Crippen LogP contribution in [0.25, 0.3) is 0 Å². The van der Waals surface area contributed by atoms with Crippen LogP contribution in [0.4, 0.5) is 4.79 Å². The molecular weight excluding hydrogens is 362 g/mol. The van der Waals surface area contributed by atoms with Crippen LogP contribution < -0.4 is 20.1 Å². The Morgan fingerprint density at radius 1 is 1.21 bits per heavy atom. The summed E-state index contributed by atoms with van der Waals surface area (Å²) in [6, 6.07) is 4.97. The zero-order valence-corrected chi connectivity index (χ0v) is 16.7. The van der Waals surface area contributed by atoms with Gasteiger partial charge in [0.05, 0.1) is 6.04 Å². The van der Waals surface area contributed by atoms with E-state index in [1.54, 1.807) is 13.8 Å². The van der Waals surface area contributed by atoms with Crippen LogP contribution in [0.2, 0.25) is 0 Å². The molecule has 3 rings (SSSR count). The zero-order valence-electron chi connectivity index (χ0n) is 16.7. The molecule has 0 radical (unpaired) electrons. The number of hydrogen-bond donors (Lipinski definition) is 2. The molecular formula is C20H27N3O5. The van der Waals surface area contributed by atoms with Gasteiger partial charge in [-0.15, -0.1) is 0 Å². The molecule has 0 spiro atoms. The number of rotatable bonds is 6. The molecule has 1 fully saturated rings. The van der Waals surface area contributed by atoms with Gasteiger partial charge in [0.1, 0.15) is 18.8 Å². The molecule has 8 nitrogen and oxygen atoms in total. The molecule has 0 unspecified atom stereocenters. The number of carbonyl (C=O) groups is 3. The summed E-state index contributed by atoms with van der Waals surface area (Å²) >= 11 is 0. The third-order valence-corrected chi connectivity index (χ3v) is 4.92. The van der Waals surface area contributed by atoms with Gasteiger partial charge in [0.25, 0.3) is 5.91 Å². The van der Waals surface area contributed by atoms with Crippen LogP contribution in [-0.4, -0.2) is 48.0 Å². The van der Waals surface area contributed by atoms with Gasteiger partial charge in [-0.25, -0.2) is 4.79 Å². The zero-order chi connectivity index (χ0) is 20.5. The van der Waals surface area contributed by atoms with Gasteiger partial charge in [-0.2, -0.15) is 0 Å². The Kier molecular flexibility index (Phi) is 5.49. The van der Waals surface area contributed by atoms with Crippen LogP contribution in [0.1, 0.15) is 45.7 Å². The number of fused-ring (bicyclic) bond motifs is 1. The number of benzene rings is 1. The predicted octanol–water partition coefficient (Wildman–Crippen LogP) is 1.99. The van der Waals surface area contributed by atoms with Crippen molar-refractivity contribution in [3.63, 3.8) is 0 Å². The number of carbonyl (C=O) groups excluding carboxylic acids is 3. The first-order chi connectivity index (χ1) is 13.2. The monoisotopic (exact) mass is 389 g/mol. The quantitative estimate of drug-likeness (QED) is 0.726. The Hall–Kier alpha value is -2.77. The number of urea groups is 1. The molecule has 1 saturated heterocycles. The predicted molar refractivity (Wildman–Crippen MR) is 102 cm³/mol. The van der Waals surface area contributed by atoms with Gasteiger partial charge in [-0.3, -0.25) is 14.5 Å². The van der Waals surface area contributed by atoms with Crippen molar-refractivity contribution in [2.75, 3.05) is 19.8 Å². The Bertz CT molecular complexity index is 790. The van der Waals surface area contributed by atoms with Crippen molar-refractivity contribution in [3.8, 4) is 11.5 Å². The van der Waals surface area contributed by atoms with Crippen molar-refractivity contribution in [1.82, 2.24) is 15.5 Å². The summed E-state index contributed by atoms with van der Waals surface area (Å²) in [5.41, 5.74) is -0.0112. The lowest BCUT2D eigenvalue weighted by molar-refractivity contribution is -0.130. The molecule has 1 atom stereocenters. The van der Waals surface area contributed by atoms with Gasteiger partial charge in [0, 0.05) is 13.0 Å². The maximum atomic E-state index is 12.5. The fourth-order valence-corrected chi connectivity index (χ4v) is 3.37. The average Bonchev–Trinajstić information content (AvgIpc) is 2.84. The van der Waals surface area contributed by atoms with Crippen LogP contribution in [0, 0.1) is 5.92 Å². The largest absolute Gasteiger partial charge is 0.486 e. The number of hydrogen-bond acceptors (Lipinski definition) is 5. The van der Waals surface area contributed by atoms with Crippen molar-refractivity contribution in [1.29, 1.82) is 0 Å². The van der Waals surface area contributed by atoms with Crippen molar-refractivity contribution in [2.45, 2.75) is 45.7 Å². The molecule has 2 N–H and O–H groups in total. The van der Waals surface area contributed by atoms with Gasteiger partial charge >= 0.3 is 6.03 Å². The topological polar surface area (TPSA) is 97.0 Å². The van der Waals surface area contributed by atoms with E-state index in [1.807, 2.05) is 32.0 Å². The van der Waals surface area contributed by atoms with Gasteiger partial charge in [-0.05, 0) is 37.5 Å². The van der Waals surface area contributed by atoms with Crippen LogP contribution >= 0.6 is 0 Å². The molecule has 28 heavy (non-hydrogen) atoms. The summed E-state index contributed by atoms with van der Waals surface area (Å²) in [5.74, 6) is 0.967. The lowest BCUT2D eigenvalue weighted by Gasteiger charge is -2.26. The van der Waals surface area contributed by atoms with E-state index in [-0.39, 0.29) is 36.7 Å². The number of amides is 4. The van der Waals surface area contributed by atoms with Crippen LogP contribution in [-0.2, 0) is 9.59 Å². The highest BCUT2D eigenvalue weighted by atomic mass is 16.6. The van der Waals surface area contributed by atoms with E-state index in [2.05, 4.69) is 10.6 Å². The van der Waals surface area contributed by atoms with Crippen molar-refractivity contribution < 1.29 is 23.9 Å². The van der Waals surface area contributed by atoms with E-state index in [0.717, 1.165) is 10.5 Å². The van der Waals surface area contributed by atoms with E-state index in [4.69, 9.17) is 9.47 Å². The lowest BCUT2D eigenvalue weighted by Crippen LogP contribution is -2.41. The maximum absolute atomic E-state index is 12.5. The number of nitrogens with zero attached hydrogens (tertiary/aromatic N) is 1. The van der Waals surface area contributed by atoms with Crippen molar-refractivity contribution in [3.05, 3.63) is 23.8 Å². The second-order valence-corrected chi connectivity index (χ2v) is 7.95. The van der Waals surface area contributed by atoms with Gasteiger partial charge < -0.3 is 20.1 Å². The van der Waals surface area contributed by atoms with E-state index in [1.165, 1.54) is 0 Å². The minimum atomic E-state index is -0.931. The molecule has 0 aromatic heterocycles. The first-order valence-electron chi connectivity index (χ1n) is 9.52. The minimum absolute atomic E-state index is 0.0447. The normalized spacial score (nSPS) is 18.8. The van der Waals surface area contributed by atoms with E-state index >= 15 is 0 Å². The highest BCUT2D eigenvalue weighted by Crippen LogP contribution is 2.34. The molecule has 0 bridgehead atoms. The third-order valence-electron chi connectivity index (χ3n) is 4.92. The Morgan fingerprint density at radius 3 is 2.50 bits per heavy atom. The molecule has 1 aromatic rings. The molecule has 0 aliphatic carbocycles. The van der Waals surface area contributed by atoms with Crippen molar-refractivity contribution >= 4 is 17.8 Å².